The van der Waals surface area contributed by atoms with Gasteiger partial charge in [-0.25, -0.2) is 4.68 Å². The molecule has 104 valence electrons. The maximum absolute atomic E-state index is 12.0. The third kappa shape index (κ3) is 2.43. The first-order chi connectivity index (χ1) is 8.66. The van der Waals surface area contributed by atoms with Crippen molar-refractivity contribution >= 4 is 46.9 Å². The predicted molar refractivity (Wildman–Crippen MR) is 77.7 cm³/mol. The monoisotopic (exact) mass is 302 g/mol. The molecule has 9 heteroatoms. The van der Waals surface area contributed by atoms with Crippen LogP contribution < -0.4 is 10.6 Å². The molecule has 0 saturated carbocycles. The van der Waals surface area contributed by atoms with E-state index in [1.165, 1.54) is 0 Å². The number of thioether (sulfide) groups is 1. The van der Waals surface area contributed by atoms with Gasteiger partial charge in [-0.2, -0.15) is 10.2 Å². The highest BCUT2D eigenvalue weighted by atomic mass is 35.5. The number of nitrogens with one attached hydrogen (secondary N) is 3. The number of carbonyl (C=O) groups excluding carboxylic acids is 1. The molecule has 0 radical (unpaired) electrons. The van der Waals surface area contributed by atoms with Crippen LogP contribution >= 0.6 is 24.2 Å². The van der Waals surface area contributed by atoms with Crippen LogP contribution in [0.2, 0.25) is 0 Å². The largest absolute Gasteiger partial charge is 0.309 e. The lowest BCUT2D eigenvalue weighted by Crippen LogP contribution is -2.37. The molecule has 1 saturated heterocycles. The Bertz CT molecular complexity index is 602. The Morgan fingerprint density at radius 1 is 1.58 bits per heavy atom. The summed E-state index contributed by atoms with van der Waals surface area (Å²) in [4.78, 5) is 12.0. The molecule has 0 bridgehead atoms. The molecule has 1 aliphatic rings. The minimum Gasteiger partial charge on any atom is -0.309 e. The van der Waals surface area contributed by atoms with E-state index in [2.05, 4.69) is 25.9 Å². The summed E-state index contributed by atoms with van der Waals surface area (Å²) in [6.45, 7) is 1.90. The smallest absolute Gasteiger partial charge is 0.243 e. The van der Waals surface area contributed by atoms with E-state index in [-0.39, 0.29) is 24.4 Å². The van der Waals surface area contributed by atoms with Gasteiger partial charge in [-0.1, -0.05) is 0 Å². The topological polar surface area (TPSA) is 87.6 Å². The quantitative estimate of drug-likeness (QED) is 0.757. The number of H-pyrrole nitrogens is 1. The molecule has 19 heavy (non-hydrogen) atoms. The van der Waals surface area contributed by atoms with E-state index in [0.717, 1.165) is 28.4 Å². The van der Waals surface area contributed by atoms with Crippen molar-refractivity contribution in [3.8, 4) is 0 Å². The second-order valence-corrected chi connectivity index (χ2v) is 5.30. The summed E-state index contributed by atoms with van der Waals surface area (Å²) in [5.74, 6) is 2.21. The standard InChI is InChI=1S/C10H14N6OS.ClH/c1-5-7-8(13-14-9(7)16(2)15-5)12-10(17)6-3-18-4-11-6;/h6,11H,3-4H2,1-2H3,(H2,12,13,14,17);1H. The highest BCUT2D eigenvalue weighted by Gasteiger charge is 2.24. The van der Waals surface area contributed by atoms with Gasteiger partial charge in [-0.05, 0) is 6.92 Å². The summed E-state index contributed by atoms with van der Waals surface area (Å²) in [6, 6.07) is -0.134. The third-order valence-corrected chi connectivity index (χ3v) is 3.94. The summed E-state index contributed by atoms with van der Waals surface area (Å²) >= 11 is 1.72. The van der Waals surface area contributed by atoms with Crippen molar-refractivity contribution in [2.75, 3.05) is 16.9 Å². The number of aromatic nitrogens is 4. The molecule has 1 atom stereocenters. The maximum Gasteiger partial charge on any atom is 0.243 e. The molecule has 3 N–H and O–H groups in total. The van der Waals surface area contributed by atoms with E-state index in [4.69, 9.17) is 0 Å². The summed E-state index contributed by atoms with van der Waals surface area (Å²) in [6.07, 6.45) is 0. The third-order valence-electron chi connectivity index (χ3n) is 3.00. The van der Waals surface area contributed by atoms with Gasteiger partial charge in [0.2, 0.25) is 5.91 Å². The number of nitrogens with zero attached hydrogens (tertiary/aromatic N) is 3. The Labute approximate surface area is 120 Å². The number of hydrogen-bond donors (Lipinski definition) is 3. The molecule has 0 aliphatic carbocycles. The molecule has 1 amide bonds. The maximum atomic E-state index is 12.0. The lowest BCUT2D eigenvalue weighted by Gasteiger charge is -2.08. The summed E-state index contributed by atoms with van der Waals surface area (Å²) in [5, 5.41) is 18.2. The molecule has 1 unspecified atom stereocenters. The van der Waals surface area contributed by atoms with Crippen LogP contribution in [0.25, 0.3) is 11.0 Å². The lowest BCUT2D eigenvalue weighted by molar-refractivity contribution is -0.117. The molecule has 3 heterocycles. The van der Waals surface area contributed by atoms with E-state index in [9.17, 15) is 4.79 Å². The van der Waals surface area contributed by atoms with Crippen LogP contribution in [0.3, 0.4) is 0 Å². The number of anilines is 1. The molecule has 7 nitrogen and oxygen atoms in total. The average molecular weight is 303 g/mol. The van der Waals surface area contributed by atoms with Gasteiger partial charge < -0.3 is 5.32 Å². The number of carbonyl (C=O) groups is 1. The number of amides is 1. The second kappa shape index (κ2) is 5.40. The first kappa shape index (κ1) is 14.2. The van der Waals surface area contributed by atoms with E-state index in [1.807, 2.05) is 14.0 Å². The Morgan fingerprint density at radius 2 is 2.37 bits per heavy atom. The number of halogens is 1. The van der Waals surface area contributed by atoms with Crippen molar-refractivity contribution in [3.05, 3.63) is 5.69 Å². The molecule has 0 spiro atoms. The Balaban J connectivity index is 0.00000133. The fourth-order valence-corrected chi connectivity index (χ4v) is 3.04. The van der Waals surface area contributed by atoms with Crippen LogP contribution in [0, 0.1) is 6.92 Å². The van der Waals surface area contributed by atoms with Gasteiger partial charge in [0.1, 0.15) is 5.82 Å². The van der Waals surface area contributed by atoms with Crippen LogP contribution in [0.4, 0.5) is 5.82 Å². The highest BCUT2D eigenvalue weighted by Crippen LogP contribution is 2.23. The van der Waals surface area contributed by atoms with Crippen LogP contribution in [0.15, 0.2) is 0 Å². The highest BCUT2D eigenvalue weighted by molar-refractivity contribution is 7.99. The van der Waals surface area contributed by atoms with Crippen LogP contribution in [0.1, 0.15) is 5.69 Å². The van der Waals surface area contributed by atoms with E-state index >= 15 is 0 Å². The number of rotatable bonds is 2. The van der Waals surface area contributed by atoms with E-state index < -0.39 is 0 Å². The predicted octanol–water partition coefficient (Wildman–Crippen LogP) is 0.628. The fraction of sp³-hybridized carbons (Fsp3) is 0.500. The summed E-state index contributed by atoms with van der Waals surface area (Å²) in [7, 11) is 1.83. The summed E-state index contributed by atoms with van der Waals surface area (Å²) < 4.78 is 1.69. The minimum absolute atomic E-state index is 0. The van der Waals surface area contributed by atoms with E-state index in [0.29, 0.717) is 5.82 Å². The van der Waals surface area contributed by atoms with Crippen molar-refractivity contribution in [1.29, 1.82) is 0 Å². The normalized spacial score (nSPS) is 18.5. The van der Waals surface area contributed by atoms with Gasteiger partial charge in [-0.3, -0.25) is 15.2 Å². The first-order valence-electron chi connectivity index (χ1n) is 5.66. The first-order valence-corrected chi connectivity index (χ1v) is 6.82. The SMILES string of the molecule is Cc1nn(C)c2n[nH]c(NC(=O)C3CSCN3)c12.Cl. The van der Waals surface area contributed by atoms with Crippen molar-refractivity contribution in [2.24, 2.45) is 7.05 Å². The summed E-state index contributed by atoms with van der Waals surface area (Å²) in [5.41, 5.74) is 1.60. The van der Waals surface area contributed by atoms with Crippen LogP contribution in [-0.2, 0) is 11.8 Å². The molecule has 1 aliphatic heterocycles. The molecule has 3 rings (SSSR count). The number of aromatic amines is 1. The molecule has 2 aromatic rings. The van der Waals surface area contributed by atoms with Crippen molar-refractivity contribution < 1.29 is 4.79 Å². The Hall–Kier alpha value is -1.25. The zero-order valence-electron chi connectivity index (χ0n) is 10.6. The second-order valence-electron chi connectivity index (χ2n) is 4.27. The van der Waals surface area contributed by atoms with Gasteiger partial charge in [-0.15, -0.1) is 24.2 Å². The number of fused-ring (bicyclic) bond motifs is 1. The van der Waals surface area contributed by atoms with Crippen LogP contribution in [0.5, 0.6) is 0 Å². The number of hydrogen-bond acceptors (Lipinski definition) is 5. The minimum atomic E-state index is -0.134. The van der Waals surface area contributed by atoms with Crippen molar-refractivity contribution in [1.82, 2.24) is 25.3 Å². The molecule has 2 aromatic heterocycles. The Morgan fingerprint density at radius 3 is 3.05 bits per heavy atom. The molecular formula is C10H15ClN6OS. The zero-order chi connectivity index (χ0) is 12.7. The van der Waals surface area contributed by atoms with Gasteiger partial charge in [0.15, 0.2) is 5.65 Å². The fourth-order valence-electron chi connectivity index (χ4n) is 2.10. The zero-order valence-corrected chi connectivity index (χ0v) is 12.2. The number of aryl methyl sites for hydroxylation is 2. The van der Waals surface area contributed by atoms with Crippen molar-refractivity contribution in [3.63, 3.8) is 0 Å². The molecular weight excluding hydrogens is 288 g/mol. The molecule has 1 fully saturated rings. The van der Waals surface area contributed by atoms with Crippen molar-refractivity contribution in [2.45, 2.75) is 13.0 Å². The van der Waals surface area contributed by atoms with Gasteiger partial charge in [0.25, 0.3) is 0 Å². The van der Waals surface area contributed by atoms with Gasteiger partial charge in [0, 0.05) is 18.7 Å². The molecule has 0 aromatic carbocycles. The lowest BCUT2D eigenvalue weighted by atomic mass is 10.3. The average Bonchev–Trinajstić information content (AvgIpc) is 3.01. The Kier molecular flexibility index (Phi) is 4.02. The van der Waals surface area contributed by atoms with E-state index in [1.54, 1.807) is 16.4 Å². The van der Waals surface area contributed by atoms with Gasteiger partial charge in [0.05, 0.1) is 17.1 Å². The van der Waals surface area contributed by atoms with Crippen LogP contribution in [-0.4, -0.2) is 43.6 Å². The van der Waals surface area contributed by atoms with Gasteiger partial charge >= 0.3 is 0 Å².